The maximum Gasteiger partial charge on any atom is 0.271 e. The summed E-state index contributed by atoms with van der Waals surface area (Å²) in [5.41, 5.74) is 3.54. The first-order valence-corrected chi connectivity index (χ1v) is 8.77. The number of carbonyl (C=O) groups excluding carboxylic acids is 1. The fourth-order valence-corrected chi connectivity index (χ4v) is 3.91. The second-order valence-electron chi connectivity index (χ2n) is 6.10. The number of H-pyrrole nitrogens is 1. The Balaban J connectivity index is 1.66. The summed E-state index contributed by atoms with van der Waals surface area (Å²) in [4.78, 5) is 22.5. The third kappa shape index (κ3) is 2.62. The van der Waals surface area contributed by atoms with Crippen molar-refractivity contribution in [2.75, 3.05) is 7.05 Å². The van der Waals surface area contributed by atoms with E-state index in [-0.39, 0.29) is 5.91 Å². The number of hydrogen-bond acceptors (Lipinski definition) is 2. The van der Waals surface area contributed by atoms with Crippen LogP contribution in [0.15, 0.2) is 53.0 Å². The highest BCUT2D eigenvalue weighted by Gasteiger charge is 2.22. The molecule has 0 radical (unpaired) electrons. The maximum atomic E-state index is 13.0. The quantitative estimate of drug-likeness (QED) is 0.566. The van der Waals surface area contributed by atoms with Crippen LogP contribution in [0.5, 0.6) is 0 Å². The number of benzene rings is 2. The third-order valence-electron chi connectivity index (χ3n) is 4.42. The summed E-state index contributed by atoms with van der Waals surface area (Å²) < 4.78 is 2.75. The monoisotopic (exact) mass is 396 g/mol. The Hall–Kier alpha value is -2.60. The first kappa shape index (κ1) is 15.9. The molecule has 6 heteroatoms. The molecule has 4 rings (SSSR count). The van der Waals surface area contributed by atoms with Crippen LogP contribution < -0.4 is 0 Å². The Morgan fingerprint density at radius 3 is 2.68 bits per heavy atom. The van der Waals surface area contributed by atoms with E-state index in [0.717, 1.165) is 32.2 Å². The lowest BCUT2D eigenvalue weighted by Crippen LogP contribution is -2.28. The van der Waals surface area contributed by atoms with Gasteiger partial charge < -0.3 is 14.5 Å². The first-order valence-electron chi connectivity index (χ1n) is 7.98. The number of amides is 1. The molecule has 0 saturated heterocycles. The predicted molar refractivity (Wildman–Crippen MR) is 103 cm³/mol. The van der Waals surface area contributed by atoms with Crippen molar-refractivity contribution in [3.63, 3.8) is 0 Å². The lowest BCUT2D eigenvalue weighted by Gasteiger charge is -2.16. The molecule has 0 unspecified atom stereocenters. The van der Waals surface area contributed by atoms with Crippen LogP contribution in [0, 0.1) is 0 Å². The summed E-state index contributed by atoms with van der Waals surface area (Å²) in [6, 6.07) is 15.8. The molecule has 2 aromatic carbocycles. The van der Waals surface area contributed by atoms with Gasteiger partial charge in [-0.2, -0.15) is 0 Å². The fraction of sp³-hybridized carbons (Fsp3) is 0.158. The predicted octanol–water partition coefficient (Wildman–Crippen LogP) is 4.09. The Bertz CT molecular complexity index is 1020. The number of rotatable bonds is 3. The van der Waals surface area contributed by atoms with Gasteiger partial charge in [-0.1, -0.05) is 30.3 Å². The van der Waals surface area contributed by atoms with Crippen LogP contribution >= 0.6 is 15.9 Å². The van der Waals surface area contributed by atoms with Crippen molar-refractivity contribution in [3.8, 4) is 0 Å². The standard InChI is InChI=1S/C19H17BrN4O/c1-23(11-16-21-13-8-4-5-9-14(13)22-16)19(25)18-17(20)12-7-3-6-10-15(12)24(18)2/h3-10H,11H2,1-2H3,(H,21,22). The SMILES string of the molecule is CN(Cc1nc2ccccc2[nH]1)C(=O)c1c(Br)c2ccccc2n1C. The van der Waals surface area contributed by atoms with Gasteiger partial charge in [0, 0.05) is 25.0 Å². The Labute approximate surface area is 153 Å². The van der Waals surface area contributed by atoms with Gasteiger partial charge in [-0.3, -0.25) is 4.79 Å². The molecule has 0 atom stereocenters. The zero-order valence-electron chi connectivity index (χ0n) is 14.0. The molecule has 4 aromatic rings. The molecule has 2 heterocycles. The second-order valence-corrected chi connectivity index (χ2v) is 6.89. The van der Waals surface area contributed by atoms with E-state index in [1.54, 1.807) is 11.9 Å². The number of aromatic amines is 1. The molecule has 25 heavy (non-hydrogen) atoms. The molecule has 2 aromatic heterocycles. The number of para-hydroxylation sites is 3. The second kappa shape index (κ2) is 6.04. The molecule has 1 N–H and O–H groups in total. The number of imidazole rings is 1. The summed E-state index contributed by atoms with van der Waals surface area (Å²) in [5, 5.41) is 1.03. The minimum atomic E-state index is -0.0500. The van der Waals surface area contributed by atoms with Crippen molar-refractivity contribution < 1.29 is 4.79 Å². The lowest BCUT2D eigenvalue weighted by atomic mass is 10.2. The van der Waals surface area contributed by atoms with E-state index in [2.05, 4.69) is 25.9 Å². The molecule has 0 aliphatic carbocycles. The molecule has 0 aliphatic heterocycles. The van der Waals surface area contributed by atoms with Crippen LogP contribution in [-0.4, -0.2) is 32.4 Å². The highest BCUT2D eigenvalue weighted by atomic mass is 79.9. The van der Waals surface area contributed by atoms with Crippen molar-refractivity contribution in [1.29, 1.82) is 0 Å². The number of nitrogens with zero attached hydrogens (tertiary/aromatic N) is 3. The highest BCUT2D eigenvalue weighted by molar-refractivity contribution is 9.10. The Morgan fingerprint density at radius 1 is 1.20 bits per heavy atom. The Kier molecular flexibility index (Phi) is 3.84. The minimum absolute atomic E-state index is 0.0500. The van der Waals surface area contributed by atoms with E-state index >= 15 is 0 Å². The van der Waals surface area contributed by atoms with Crippen LogP contribution in [-0.2, 0) is 13.6 Å². The number of aryl methyl sites for hydroxylation is 1. The Morgan fingerprint density at radius 2 is 1.92 bits per heavy atom. The van der Waals surface area contributed by atoms with Crippen LogP contribution in [0.4, 0.5) is 0 Å². The molecular formula is C19H17BrN4O. The van der Waals surface area contributed by atoms with Gasteiger partial charge in [0.05, 0.1) is 22.1 Å². The van der Waals surface area contributed by atoms with Crippen LogP contribution in [0.1, 0.15) is 16.3 Å². The molecule has 0 fully saturated rings. The molecule has 0 bridgehead atoms. The van der Waals surface area contributed by atoms with Crippen LogP contribution in [0.3, 0.4) is 0 Å². The molecule has 0 spiro atoms. The van der Waals surface area contributed by atoms with Crippen molar-refractivity contribution >= 4 is 43.8 Å². The van der Waals surface area contributed by atoms with Crippen molar-refractivity contribution in [1.82, 2.24) is 19.4 Å². The van der Waals surface area contributed by atoms with Crippen LogP contribution in [0.25, 0.3) is 21.9 Å². The summed E-state index contributed by atoms with van der Waals surface area (Å²) in [6.45, 7) is 0.418. The number of nitrogens with one attached hydrogen (secondary N) is 1. The van der Waals surface area contributed by atoms with Crippen molar-refractivity contribution in [3.05, 3.63) is 64.5 Å². The van der Waals surface area contributed by atoms with Gasteiger partial charge in [-0.25, -0.2) is 4.98 Å². The van der Waals surface area contributed by atoms with E-state index in [1.807, 2.05) is 60.1 Å². The average Bonchev–Trinajstić information content (AvgIpc) is 3.13. The van der Waals surface area contributed by atoms with Crippen molar-refractivity contribution in [2.45, 2.75) is 6.54 Å². The summed E-state index contributed by atoms with van der Waals surface area (Å²) in [6.07, 6.45) is 0. The molecule has 0 aliphatic rings. The van der Waals surface area contributed by atoms with Gasteiger partial charge in [-0.05, 0) is 34.1 Å². The van der Waals surface area contributed by atoms with E-state index in [0.29, 0.717) is 12.2 Å². The minimum Gasteiger partial charge on any atom is -0.340 e. The van der Waals surface area contributed by atoms with Gasteiger partial charge in [0.2, 0.25) is 0 Å². The molecule has 126 valence electrons. The van der Waals surface area contributed by atoms with E-state index in [4.69, 9.17) is 0 Å². The van der Waals surface area contributed by atoms with E-state index in [1.165, 1.54) is 0 Å². The largest absolute Gasteiger partial charge is 0.340 e. The maximum absolute atomic E-state index is 13.0. The molecule has 0 saturated carbocycles. The summed E-state index contributed by atoms with van der Waals surface area (Å²) in [7, 11) is 3.70. The van der Waals surface area contributed by atoms with Gasteiger partial charge in [0.25, 0.3) is 5.91 Å². The van der Waals surface area contributed by atoms with E-state index < -0.39 is 0 Å². The zero-order valence-corrected chi connectivity index (χ0v) is 15.5. The fourth-order valence-electron chi connectivity index (χ4n) is 3.14. The van der Waals surface area contributed by atoms with Crippen LogP contribution in [0.2, 0.25) is 0 Å². The summed E-state index contributed by atoms with van der Waals surface area (Å²) in [5.74, 6) is 0.720. The van der Waals surface area contributed by atoms with Gasteiger partial charge in [0.15, 0.2) is 0 Å². The van der Waals surface area contributed by atoms with Gasteiger partial charge in [-0.15, -0.1) is 0 Å². The smallest absolute Gasteiger partial charge is 0.271 e. The number of halogens is 1. The van der Waals surface area contributed by atoms with Crippen molar-refractivity contribution in [2.24, 2.45) is 7.05 Å². The first-order chi connectivity index (χ1) is 12.1. The molecule has 5 nitrogen and oxygen atoms in total. The molecule has 1 amide bonds. The zero-order chi connectivity index (χ0) is 17.6. The third-order valence-corrected chi connectivity index (χ3v) is 5.22. The lowest BCUT2D eigenvalue weighted by molar-refractivity contribution is 0.0772. The number of aromatic nitrogens is 3. The van der Waals surface area contributed by atoms with Gasteiger partial charge >= 0.3 is 0 Å². The number of hydrogen-bond donors (Lipinski definition) is 1. The highest BCUT2D eigenvalue weighted by Crippen LogP contribution is 2.31. The summed E-state index contributed by atoms with van der Waals surface area (Å²) >= 11 is 3.59. The van der Waals surface area contributed by atoms with E-state index in [9.17, 15) is 4.79 Å². The number of carbonyl (C=O) groups is 1. The normalized spacial score (nSPS) is 11.3. The number of fused-ring (bicyclic) bond motifs is 2. The van der Waals surface area contributed by atoms with Gasteiger partial charge in [0.1, 0.15) is 11.5 Å². The molecular weight excluding hydrogens is 380 g/mol. The average molecular weight is 397 g/mol. The topological polar surface area (TPSA) is 53.9 Å².